The molecule has 1 amide bonds. The molecule has 0 N–H and O–H groups in total. The molecule has 1 fully saturated rings. The van der Waals surface area contributed by atoms with Crippen LogP contribution in [0.2, 0.25) is 5.02 Å². The fraction of sp³-hybridized carbons (Fsp3) is 0.462. The molecule has 92 valence electrons. The van der Waals surface area contributed by atoms with Gasteiger partial charge in [0.1, 0.15) is 5.82 Å². The molecule has 2 nitrogen and oxygen atoms in total. The molecule has 0 aliphatic heterocycles. The van der Waals surface area contributed by atoms with Crippen molar-refractivity contribution in [2.75, 3.05) is 7.05 Å². The predicted octanol–water partition coefficient (Wildman–Crippen LogP) is 3.35. The number of amides is 1. The summed E-state index contributed by atoms with van der Waals surface area (Å²) in [4.78, 5) is 13.7. The summed E-state index contributed by atoms with van der Waals surface area (Å²) in [6, 6.07) is 4.21. The van der Waals surface area contributed by atoms with Gasteiger partial charge in [-0.3, -0.25) is 4.79 Å². The van der Waals surface area contributed by atoms with Gasteiger partial charge in [-0.05, 0) is 43.9 Å². The number of rotatable bonds is 3. The maximum Gasteiger partial charge on any atom is 0.256 e. The van der Waals surface area contributed by atoms with Gasteiger partial charge in [0, 0.05) is 18.1 Å². The SMILES string of the molecule is CC(C1CC1)N(C)C(=O)c1cc(Cl)ccc1F. The Labute approximate surface area is 105 Å². The van der Waals surface area contributed by atoms with Gasteiger partial charge in [-0.1, -0.05) is 11.6 Å². The van der Waals surface area contributed by atoms with Crippen LogP contribution in [0.25, 0.3) is 0 Å². The largest absolute Gasteiger partial charge is 0.339 e. The first-order valence-corrected chi connectivity index (χ1v) is 6.10. The van der Waals surface area contributed by atoms with Crippen LogP contribution in [0, 0.1) is 11.7 Å². The van der Waals surface area contributed by atoms with E-state index in [4.69, 9.17) is 11.6 Å². The number of halogens is 2. The molecule has 4 heteroatoms. The number of nitrogens with zero attached hydrogens (tertiary/aromatic N) is 1. The molecule has 1 aliphatic rings. The third kappa shape index (κ3) is 2.60. The number of hydrogen-bond acceptors (Lipinski definition) is 1. The van der Waals surface area contributed by atoms with E-state index in [1.807, 2.05) is 6.92 Å². The summed E-state index contributed by atoms with van der Waals surface area (Å²) in [7, 11) is 1.71. The molecule has 1 atom stereocenters. The number of benzene rings is 1. The van der Waals surface area contributed by atoms with Crippen LogP contribution in [0.1, 0.15) is 30.1 Å². The minimum atomic E-state index is -0.519. The van der Waals surface area contributed by atoms with E-state index in [-0.39, 0.29) is 17.5 Å². The predicted molar refractivity (Wildman–Crippen MR) is 65.7 cm³/mol. The molecule has 2 rings (SSSR count). The summed E-state index contributed by atoms with van der Waals surface area (Å²) in [5.74, 6) is -0.259. The van der Waals surface area contributed by atoms with E-state index >= 15 is 0 Å². The molecule has 1 saturated carbocycles. The number of carbonyl (C=O) groups excluding carboxylic acids is 1. The first kappa shape index (κ1) is 12.4. The van der Waals surface area contributed by atoms with E-state index in [1.165, 1.54) is 18.2 Å². The van der Waals surface area contributed by atoms with Crippen molar-refractivity contribution in [1.29, 1.82) is 0 Å². The van der Waals surface area contributed by atoms with E-state index in [0.717, 1.165) is 12.8 Å². The van der Waals surface area contributed by atoms with Crippen molar-refractivity contribution in [3.63, 3.8) is 0 Å². The fourth-order valence-electron chi connectivity index (χ4n) is 1.93. The van der Waals surface area contributed by atoms with Gasteiger partial charge in [-0.15, -0.1) is 0 Å². The fourth-order valence-corrected chi connectivity index (χ4v) is 2.10. The third-order valence-electron chi connectivity index (χ3n) is 3.39. The Kier molecular flexibility index (Phi) is 3.38. The summed E-state index contributed by atoms with van der Waals surface area (Å²) < 4.78 is 13.6. The topological polar surface area (TPSA) is 20.3 Å². The van der Waals surface area contributed by atoms with Crippen molar-refractivity contribution >= 4 is 17.5 Å². The van der Waals surface area contributed by atoms with Crippen LogP contribution >= 0.6 is 11.6 Å². The molecule has 0 aromatic heterocycles. The van der Waals surface area contributed by atoms with Gasteiger partial charge >= 0.3 is 0 Å². The highest BCUT2D eigenvalue weighted by molar-refractivity contribution is 6.31. The minimum absolute atomic E-state index is 0.0486. The Bertz CT molecular complexity index is 445. The lowest BCUT2D eigenvalue weighted by Gasteiger charge is -2.25. The van der Waals surface area contributed by atoms with Crippen molar-refractivity contribution in [3.8, 4) is 0 Å². The quantitative estimate of drug-likeness (QED) is 0.811. The number of hydrogen-bond donors (Lipinski definition) is 0. The standard InChI is InChI=1S/C13H15ClFNO/c1-8(9-3-4-9)16(2)13(17)11-7-10(14)5-6-12(11)15/h5-9H,3-4H2,1-2H3. The minimum Gasteiger partial charge on any atom is -0.339 e. The summed E-state index contributed by atoms with van der Waals surface area (Å²) >= 11 is 5.78. The van der Waals surface area contributed by atoms with Crippen molar-refractivity contribution in [2.24, 2.45) is 5.92 Å². The molecule has 17 heavy (non-hydrogen) atoms. The maximum absolute atomic E-state index is 13.6. The number of carbonyl (C=O) groups is 1. The molecule has 1 unspecified atom stereocenters. The van der Waals surface area contributed by atoms with Crippen LogP contribution in [-0.4, -0.2) is 23.9 Å². The second-order valence-corrected chi connectivity index (χ2v) is 5.05. The molecule has 1 aliphatic carbocycles. The van der Waals surface area contributed by atoms with Crippen molar-refractivity contribution in [3.05, 3.63) is 34.6 Å². The molecular weight excluding hydrogens is 241 g/mol. The average molecular weight is 256 g/mol. The van der Waals surface area contributed by atoms with Gasteiger partial charge in [-0.2, -0.15) is 0 Å². The highest BCUT2D eigenvalue weighted by atomic mass is 35.5. The van der Waals surface area contributed by atoms with Gasteiger partial charge in [0.05, 0.1) is 5.56 Å². The molecular formula is C13H15ClFNO. The molecule has 1 aromatic rings. The van der Waals surface area contributed by atoms with E-state index in [0.29, 0.717) is 10.9 Å². The lowest BCUT2D eigenvalue weighted by molar-refractivity contribution is 0.0722. The van der Waals surface area contributed by atoms with Crippen LogP contribution in [0.3, 0.4) is 0 Å². The second-order valence-electron chi connectivity index (χ2n) is 4.62. The second kappa shape index (κ2) is 4.65. The van der Waals surface area contributed by atoms with Crippen LogP contribution in [0.15, 0.2) is 18.2 Å². The summed E-state index contributed by atoms with van der Waals surface area (Å²) in [5.41, 5.74) is 0.0486. The van der Waals surface area contributed by atoms with E-state index < -0.39 is 5.82 Å². The Morgan fingerprint density at radius 2 is 2.18 bits per heavy atom. The first-order chi connectivity index (χ1) is 8.00. The summed E-state index contributed by atoms with van der Waals surface area (Å²) in [6.45, 7) is 2.00. The van der Waals surface area contributed by atoms with Crippen molar-refractivity contribution in [2.45, 2.75) is 25.8 Å². The Balaban J connectivity index is 2.20. The van der Waals surface area contributed by atoms with Gasteiger partial charge < -0.3 is 4.90 Å². The zero-order valence-electron chi connectivity index (χ0n) is 9.91. The molecule has 0 spiro atoms. The van der Waals surface area contributed by atoms with Crippen LogP contribution in [-0.2, 0) is 0 Å². The van der Waals surface area contributed by atoms with E-state index in [9.17, 15) is 9.18 Å². The summed E-state index contributed by atoms with van der Waals surface area (Å²) in [6.07, 6.45) is 2.30. The highest BCUT2D eigenvalue weighted by Crippen LogP contribution is 2.35. The van der Waals surface area contributed by atoms with E-state index in [2.05, 4.69) is 0 Å². The third-order valence-corrected chi connectivity index (χ3v) is 3.63. The normalized spacial score (nSPS) is 16.7. The molecule has 0 radical (unpaired) electrons. The first-order valence-electron chi connectivity index (χ1n) is 5.73. The Hall–Kier alpha value is -1.09. The molecule has 0 heterocycles. The van der Waals surface area contributed by atoms with Crippen molar-refractivity contribution < 1.29 is 9.18 Å². The zero-order valence-corrected chi connectivity index (χ0v) is 10.7. The van der Waals surface area contributed by atoms with Gasteiger partial charge in [0.2, 0.25) is 0 Å². The van der Waals surface area contributed by atoms with Gasteiger partial charge in [0.15, 0.2) is 0 Å². The summed E-state index contributed by atoms with van der Waals surface area (Å²) in [5, 5.41) is 0.377. The van der Waals surface area contributed by atoms with Crippen LogP contribution in [0.5, 0.6) is 0 Å². The van der Waals surface area contributed by atoms with Gasteiger partial charge in [-0.25, -0.2) is 4.39 Å². The van der Waals surface area contributed by atoms with Gasteiger partial charge in [0.25, 0.3) is 5.91 Å². The monoisotopic (exact) mass is 255 g/mol. The highest BCUT2D eigenvalue weighted by Gasteiger charge is 2.33. The maximum atomic E-state index is 13.6. The lowest BCUT2D eigenvalue weighted by Crippen LogP contribution is -2.36. The zero-order chi connectivity index (χ0) is 12.6. The molecule has 0 bridgehead atoms. The smallest absolute Gasteiger partial charge is 0.256 e. The Morgan fingerprint density at radius 1 is 1.53 bits per heavy atom. The Morgan fingerprint density at radius 3 is 2.76 bits per heavy atom. The van der Waals surface area contributed by atoms with E-state index in [1.54, 1.807) is 11.9 Å². The lowest BCUT2D eigenvalue weighted by atomic mass is 10.1. The van der Waals surface area contributed by atoms with Crippen LogP contribution in [0.4, 0.5) is 4.39 Å². The average Bonchev–Trinajstić information content (AvgIpc) is 3.13. The van der Waals surface area contributed by atoms with Crippen LogP contribution < -0.4 is 0 Å². The van der Waals surface area contributed by atoms with Crippen molar-refractivity contribution in [1.82, 2.24) is 4.90 Å². The molecule has 1 aromatic carbocycles. The molecule has 0 saturated heterocycles.